The van der Waals surface area contributed by atoms with E-state index in [1.54, 1.807) is 25.3 Å². The second kappa shape index (κ2) is 6.75. The monoisotopic (exact) mass is 238 g/mol. The molecule has 5 heteroatoms. The van der Waals surface area contributed by atoms with Gasteiger partial charge in [-0.1, -0.05) is 0 Å². The number of nitrogens with one attached hydrogen (secondary N) is 1. The van der Waals surface area contributed by atoms with E-state index >= 15 is 0 Å². The second-order valence-electron chi connectivity index (χ2n) is 3.45. The van der Waals surface area contributed by atoms with Gasteiger partial charge in [0.25, 0.3) is 0 Å². The third-order valence-corrected chi connectivity index (χ3v) is 2.18. The summed E-state index contributed by atoms with van der Waals surface area (Å²) in [6.07, 6.45) is 0.311. The van der Waals surface area contributed by atoms with Crippen molar-refractivity contribution in [3.05, 3.63) is 18.2 Å². The van der Waals surface area contributed by atoms with E-state index in [4.69, 9.17) is 15.2 Å². The van der Waals surface area contributed by atoms with Gasteiger partial charge in [0.1, 0.15) is 5.75 Å². The molecule has 0 aliphatic heterocycles. The Morgan fingerprint density at radius 1 is 1.47 bits per heavy atom. The van der Waals surface area contributed by atoms with Gasteiger partial charge in [-0.3, -0.25) is 4.79 Å². The van der Waals surface area contributed by atoms with E-state index < -0.39 is 0 Å². The van der Waals surface area contributed by atoms with Crippen LogP contribution in [0.25, 0.3) is 0 Å². The van der Waals surface area contributed by atoms with Gasteiger partial charge >= 0.3 is 0 Å². The molecule has 0 spiro atoms. The highest BCUT2D eigenvalue weighted by atomic mass is 16.5. The van der Waals surface area contributed by atoms with Crippen molar-refractivity contribution in [2.24, 2.45) is 0 Å². The highest BCUT2D eigenvalue weighted by Crippen LogP contribution is 2.26. The van der Waals surface area contributed by atoms with Crippen LogP contribution in [0.1, 0.15) is 13.3 Å². The molecule has 1 rings (SSSR count). The molecular formula is C12H18N2O3. The Morgan fingerprint density at radius 2 is 2.24 bits per heavy atom. The van der Waals surface area contributed by atoms with E-state index in [2.05, 4.69) is 5.32 Å². The molecule has 0 unspecified atom stereocenters. The van der Waals surface area contributed by atoms with Crippen LogP contribution in [-0.4, -0.2) is 26.2 Å². The maximum atomic E-state index is 11.6. The molecule has 0 saturated carbocycles. The number of amides is 1. The van der Waals surface area contributed by atoms with E-state index in [1.165, 1.54) is 0 Å². The zero-order valence-corrected chi connectivity index (χ0v) is 10.2. The lowest BCUT2D eigenvalue weighted by atomic mass is 10.2. The van der Waals surface area contributed by atoms with Crippen LogP contribution in [-0.2, 0) is 9.53 Å². The number of ether oxygens (including phenoxy) is 2. The van der Waals surface area contributed by atoms with Crippen molar-refractivity contribution in [2.45, 2.75) is 13.3 Å². The van der Waals surface area contributed by atoms with E-state index in [-0.39, 0.29) is 5.91 Å². The number of rotatable bonds is 6. The fourth-order valence-corrected chi connectivity index (χ4v) is 1.35. The summed E-state index contributed by atoms with van der Waals surface area (Å²) >= 11 is 0. The van der Waals surface area contributed by atoms with Gasteiger partial charge in [-0.15, -0.1) is 0 Å². The fraction of sp³-hybridized carbons (Fsp3) is 0.417. The molecule has 0 saturated heterocycles. The summed E-state index contributed by atoms with van der Waals surface area (Å²) in [7, 11) is 1.54. The summed E-state index contributed by atoms with van der Waals surface area (Å²) in [5, 5.41) is 2.74. The average Bonchev–Trinajstić information content (AvgIpc) is 2.29. The zero-order valence-electron chi connectivity index (χ0n) is 10.2. The van der Waals surface area contributed by atoms with E-state index in [0.29, 0.717) is 36.8 Å². The molecule has 0 fully saturated rings. The molecule has 0 aromatic heterocycles. The van der Waals surface area contributed by atoms with Crippen molar-refractivity contribution in [1.82, 2.24) is 0 Å². The lowest BCUT2D eigenvalue weighted by Crippen LogP contribution is -2.14. The fourth-order valence-electron chi connectivity index (χ4n) is 1.35. The van der Waals surface area contributed by atoms with Gasteiger partial charge in [-0.25, -0.2) is 0 Å². The van der Waals surface area contributed by atoms with Gasteiger partial charge < -0.3 is 20.5 Å². The predicted molar refractivity (Wildman–Crippen MR) is 67.1 cm³/mol. The summed E-state index contributed by atoms with van der Waals surface area (Å²) in [6, 6.07) is 5.10. The first kappa shape index (κ1) is 13.3. The summed E-state index contributed by atoms with van der Waals surface area (Å²) in [6.45, 7) is 2.90. The predicted octanol–water partition coefficient (Wildman–Crippen LogP) is 1.64. The minimum absolute atomic E-state index is 0.123. The zero-order chi connectivity index (χ0) is 12.7. The molecular weight excluding hydrogens is 220 g/mol. The molecule has 94 valence electrons. The smallest absolute Gasteiger partial charge is 0.226 e. The van der Waals surface area contributed by atoms with Crippen LogP contribution < -0.4 is 15.8 Å². The number of benzene rings is 1. The van der Waals surface area contributed by atoms with Crippen LogP contribution in [0, 0.1) is 0 Å². The Morgan fingerprint density at radius 3 is 2.88 bits per heavy atom. The third kappa shape index (κ3) is 4.32. The maximum absolute atomic E-state index is 11.6. The standard InChI is InChI=1S/C12H18N2O3/c1-3-17-7-6-12(15)14-10-8-9(13)4-5-11(10)16-2/h4-5,8H,3,6-7,13H2,1-2H3,(H,14,15). The topological polar surface area (TPSA) is 73.6 Å². The van der Waals surface area contributed by atoms with Crippen molar-refractivity contribution in [3.63, 3.8) is 0 Å². The largest absolute Gasteiger partial charge is 0.495 e. The van der Waals surface area contributed by atoms with Gasteiger partial charge in [-0.05, 0) is 25.1 Å². The van der Waals surface area contributed by atoms with Crippen molar-refractivity contribution in [3.8, 4) is 5.75 Å². The van der Waals surface area contributed by atoms with Crippen LogP contribution in [0.3, 0.4) is 0 Å². The second-order valence-corrected chi connectivity index (χ2v) is 3.45. The van der Waals surface area contributed by atoms with Crippen LogP contribution >= 0.6 is 0 Å². The molecule has 3 N–H and O–H groups in total. The summed E-state index contributed by atoms with van der Waals surface area (Å²) < 4.78 is 10.2. The minimum atomic E-state index is -0.123. The Balaban J connectivity index is 2.60. The molecule has 17 heavy (non-hydrogen) atoms. The lowest BCUT2D eigenvalue weighted by Gasteiger charge is -2.10. The minimum Gasteiger partial charge on any atom is -0.495 e. The number of carbonyl (C=O) groups excluding carboxylic acids is 1. The van der Waals surface area contributed by atoms with Crippen LogP contribution in [0.4, 0.5) is 11.4 Å². The molecule has 1 aromatic rings. The molecule has 0 heterocycles. The molecule has 0 bridgehead atoms. The highest BCUT2D eigenvalue weighted by molar-refractivity contribution is 5.92. The SMILES string of the molecule is CCOCCC(=O)Nc1cc(N)ccc1OC. The van der Waals surface area contributed by atoms with Crippen molar-refractivity contribution >= 4 is 17.3 Å². The maximum Gasteiger partial charge on any atom is 0.226 e. The molecule has 1 amide bonds. The molecule has 0 radical (unpaired) electrons. The molecule has 0 aliphatic rings. The number of methoxy groups -OCH3 is 1. The van der Waals surface area contributed by atoms with Crippen molar-refractivity contribution in [1.29, 1.82) is 0 Å². The Hall–Kier alpha value is -1.75. The van der Waals surface area contributed by atoms with E-state index in [9.17, 15) is 4.79 Å². The van der Waals surface area contributed by atoms with Crippen molar-refractivity contribution in [2.75, 3.05) is 31.4 Å². The third-order valence-electron chi connectivity index (χ3n) is 2.18. The van der Waals surface area contributed by atoms with Gasteiger partial charge in [0.2, 0.25) is 5.91 Å². The Bertz CT molecular complexity index is 380. The van der Waals surface area contributed by atoms with Crippen molar-refractivity contribution < 1.29 is 14.3 Å². The number of hydrogen-bond acceptors (Lipinski definition) is 4. The van der Waals surface area contributed by atoms with Crippen LogP contribution in [0.15, 0.2) is 18.2 Å². The number of anilines is 2. The van der Waals surface area contributed by atoms with Gasteiger partial charge in [0.15, 0.2) is 0 Å². The lowest BCUT2D eigenvalue weighted by molar-refractivity contribution is -0.117. The number of hydrogen-bond donors (Lipinski definition) is 2. The number of nitrogen functional groups attached to an aromatic ring is 1. The quantitative estimate of drug-likeness (QED) is 0.583. The molecule has 0 atom stereocenters. The normalized spacial score (nSPS) is 10.0. The van der Waals surface area contributed by atoms with E-state index in [1.807, 2.05) is 6.92 Å². The van der Waals surface area contributed by atoms with Gasteiger partial charge in [0, 0.05) is 12.3 Å². The summed E-state index contributed by atoms with van der Waals surface area (Å²) in [4.78, 5) is 11.6. The first-order valence-corrected chi connectivity index (χ1v) is 5.48. The van der Waals surface area contributed by atoms with Gasteiger partial charge in [-0.2, -0.15) is 0 Å². The van der Waals surface area contributed by atoms with Crippen LogP contribution in [0.2, 0.25) is 0 Å². The van der Waals surface area contributed by atoms with Gasteiger partial charge in [0.05, 0.1) is 25.8 Å². The molecule has 1 aromatic carbocycles. The highest BCUT2D eigenvalue weighted by Gasteiger charge is 2.07. The number of carbonyl (C=O) groups is 1. The van der Waals surface area contributed by atoms with Crippen LogP contribution in [0.5, 0.6) is 5.75 Å². The summed E-state index contributed by atoms with van der Waals surface area (Å²) in [5.74, 6) is 0.464. The molecule has 5 nitrogen and oxygen atoms in total. The Labute approximate surface area is 101 Å². The van der Waals surface area contributed by atoms with E-state index in [0.717, 1.165) is 0 Å². The Kier molecular flexibility index (Phi) is 5.29. The number of nitrogens with two attached hydrogens (primary N) is 1. The average molecular weight is 238 g/mol. The summed E-state index contributed by atoms with van der Waals surface area (Å²) in [5.41, 5.74) is 6.80. The molecule has 0 aliphatic carbocycles. The first-order chi connectivity index (χ1) is 8.17. The first-order valence-electron chi connectivity index (χ1n) is 5.48.